The maximum Gasteiger partial charge on any atom is 0.333 e. The zero-order chi connectivity index (χ0) is 13.1. The van der Waals surface area contributed by atoms with Crippen LogP contribution in [0.1, 0.15) is 31.9 Å². The van der Waals surface area contributed by atoms with E-state index in [9.17, 15) is 10.1 Å². The summed E-state index contributed by atoms with van der Waals surface area (Å²) in [6, 6.07) is 0.246. The van der Waals surface area contributed by atoms with Crippen molar-refractivity contribution in [2.24, 2.45) is 0 Å². The van der Waals surface area contributed by atoms with Crippen LogP contribution in [0.2, 0.25) is 0 Å². The second-order valence-electron chi connectivity index (χ2n) is 4.55. The van der Waals surface area contributed by atoms with Crippen molar-refractivity contribution in [2.45, 2.75) is 45.7 Å². The molecule has 6 nitrogen and oxygen atoms in total. The minimum Gasteiger partial charge on any atom is -0.361 e. The summed E-state index contributed by atoms with van der Waals surface area (Å²) in [5, 5.41) is 18.6. The van der Waals surface area contributed by atoms with Crippen LogP contribution in [0.25, 0.3) is 0 Å². The minimum absolute atomic E-state index is 0.107. The molecule has 1 N–H and O–H groups in total. The van der Waals surface area contributed by atoms with Crippen LogP contribution in [-0.4, -0.2) is 20.7 Å². The fourth-order valence-corrected chi connectivity index (χ4v) is 2.24. The maximum atomic E-state index is 11.1. The fourth-order valence-electron chi connectivity index (χ4n) is 2.24. The summed E-state index contributed by atoms with van der Waals surface area (Å²) in [7, 11) is 0. The largest absolute Gasteiger partial charge is 0.361 e. The molecule has 0 aromatic carbocycles. The van der Waals surface area contributed by atoms with E-state index >= 15 is 0 Å². The predicted octanol–water partition coefficient (Wildman–Crippen LogP) is 2.64. The van der Waals surface area contributed by atoms with Gasteiger partial charge in [0.05, 0.1) is 4.92 Å². The van der Waals surface area contributed by atoms with E-state index in [-0.39, 0.29) is 16.7 Å². The van der Waals surface area contributed by atoms with E-state index in [1.165, 1.54) is 0 Å². The van der Waals surface area contributed by atoms with Crippen LogP contribution in [0.5, 0.6) is 0 Å². The molecule has 0 aliphatic heterocycles. The van der Waals surface area contributed by atoms with Crippen LogP contribution in [0.3, 0.4) is 0 Å². The molecular weight excluding hydrogens is 232 g/mol. The van der Waals surface area contributed by atoms with Gasteiger partial charge in [-0.2, -0.15) is 5.10 Å². The molecule has 0 saturated carbocycles. The first kappa shape index (κ1) is 12.6. The molecule has 0 unspecified atom stereocenters. The third-order valence-electron chi connectivity index (χ3n) is 3.06. The van der Waals surface area contributed by atoms with E-state index in [2.05, 4.69) is 22.6 Å². The Bertz CT molecular complexity index is 471. The molecule has 1 aliphatic carbocycles. The van der Waals surface area contributed by atoms with Crippen LogP contribution in [0.4, 0.5) is 11.5 Å². The molecule has 1 heterocycles. The van der Waals surface area contributed by atoms with E-state index in [0.29, 0.717) is 18.1 Å². The van der Waals surface area contributed by atoms with Crippen LogP contribution in [0, 0.1) is 17.0 Å². The number of nitrogens with zero attached hydrogens (tertiary/aromatic N) is 3. The van der Waals surface area contributed by atoms with Crippen molar-refractivity contribution in [3.8, 4) is 0 Å². The van der Waals surface area contributed by atoms with Gasteiger partial charge in [-0.15, -0.1) is 0 Å². The summed E-state index contributed by atoms with van der Waals surface area (Å²) in [5.41, 5.74) is 0.581. The molecule has 1 aromatic heterocycles. The van der Waals surface area contributed by atoms with Gasteiger partial charge in [0.2, 0.25) is 5.82 Å². The molecule has 0 spiro atoms. The second-order valence-corrected chi connectivity index (χ2v) is 4.55. The first-order valence-corrected chi connectivity index (χ1v) is 6.26. The quantitative estimate of drug-likeness (QED) is 0.495. The van der Waals surface area contributed by atoms with Gasteiger partial charge in [-0.05, 0) is 26.2 Å². The number of aryl methyl sites for hydroxylation is 2. The van der Waals surface area contributed by atoms with Crippen molar-refractivity contribution in [3.63, 3.8) is 0 Å². The Morgan fingerprint density at radius 2 is 2.22 bits per heavy atom. The Morgan fingerprint density at radius 1 is 1.56 bits per heavy atom. The summed E-state index contributed by atoms with van der Waals surface area (Å²) in [5.74, 6) is 0.549. The number of hydrogen-bond acceptors (Lipinski definition) is 4. The predicted molar refractivity (Wildman–Crippen MR) is 69.7 cm³/mol. The monoisotopic (exact) mass is 250 g/mol. The van der Waals surface area contributed by atoms with Gasteiger partial charge in [0, 0.05) is 12.6 Å². The molecule has 98 valence electrons. The Morgan fingerprint density at radius 3 is 2.78 bits per heavy atom. The van der Waals surface area contributed by atoms with Crippen molar-refractivity contribution < 1.29 is 4.92 Å². The van der Waals surface area contributed by atoms with E-state index in [1.807, 2.05) is 6.92 Å². The smallest absolute Gasteiger partial charge is 0.333 e. The number of hydrogen-bond donors (Lipinski definition) is 1. The SMILES string of the molecule is CCCn1nc(C)c([N+](=O)[O-])c1NC1CC=CC1. The lowest BCUT2D eigenvalue weighted by molar-refractivity contribution is -0.384. The summed E-state index contributed by atoms with van der Waals surface area (Å²) < 4.78 is 1.71. The highest BCUT2D eigenvalue weighted by Gasteiger charge is 2.26. The Balaban J connectivity index is 2.30. The Labute approximate surface area is 106 Å². The first-order valence-electron chi connectivity index (χ1n) is 6.26. The molecular formula is C12H18N4O2. The number of aromatic nitrogens is 2. The van der Waals surface area contributed by atoms with E-state index in [0.717, 1.165) is 19.3 Å². The van der Waals surface area contributed by atoms with Gasteiger partial charge in [-0.3, -0.25) is 10.1 Å². The van der Waals surface area contributed by atoms with E-state index < -0.39 is 0 Å². The standard InChI is InChI=1S/C12H18N4O2/c1-3-8-15-12(13-10-6-4-5-7-10)11(16(17)18)9(2)14-15/h4-5,10,13H,3,6-8H2,1-2H3. The van der Waals surface area contributed by atoms with Crippen LogP contribution in [0.15, 0.2) is 12.2 Å². The van der Waals surface area contributed by atoms with E-state index in [4.69, 9.17) is 0 Å². The average Bonchev–Trinajstić information content (AvgIpc) is 2.89. The molecule has 18 heavy (non-hydrogen) atoms. The first-order chi connectivity index (χ1) is 8.63. The number of anilines is 1. The normalized spacial score (nSPS) is 15.2. The van der Waals surface area contributed by atoms with E-state index in [1.54, 1.807) is 11.6 Å². The van der Waals surface area contributed by atoms with Gasteiger partial charge in [0.25, 0.3) is 0 Å². The highest BCUT2D eigenvalue weighted by atomic mass is 16.6. The van der Waals surface area contributed by atoms with Crippen molar-refractivity contribution >= 4 is 11.5 Å². The van der Waals surface area contributed by atoms with Gasteiger partial charge in [0.15, 0.2) is 0 Å². The molecule has 1 aliphatic rings. The van der Waals surface area contributed by atoms with Gasteiger partial charge in [-0.25, -0.2) is 4.68 Å². The lowest BCUT2D eigenvalue weighted by Gasteiger charge is -2.14. The minimum atomic E-state index is -0.348. The van der Waals surface area contributed by atoms with Gasteiger partial charge >= 0.3 is 5.69 Å². The molecule has 6 heteroatoms. The Kier molecular flexibility index (Phi) is 3.64. The van der Waals surface area contributed by atoms with Crippen molar-refractivity contribution in [1.82, 2.24) is 9.78 Å². The molecule has 2 rings (SSSR count). The number of nitrogens with one attached hydrogen (secondary N) is 1. The maximum absolute atomic E-state index is 11.1. The van der Waals surface area contributed by atoms with Gasteiger partial charge in [0.1, 0.15) is 5.69 Å². The molecule has 0 amide bonds. The van der Waals surface area contributed by atoms with Gasteiger partial charge < -0.3 is 5.32 Å². The molecule has 0 atom stereocenters. The molecule has 0 bridgehead atoms. The summed E-state index contributed by atoms with van der Waals surface area (Å²) in [6.07, 6.45) is 6.91. The van der Waals surface area contributed by atoms with Gasteiger partial charge in [-0.1, -0.05) is 19.1 Å². The van der Waals surface area contributed by atoms with Crippen LogP contribution >= 0.6 is 0 Å². The summed E-state index contributed by atoms with van der Waals surface area (Å²) in [6.45, 7) is 4.41. The van der Waals surface area contributed by atoms with Crippen molar-refractivity contribution in [3.05, 3.63) is 28.0 Å². The van der Waals surface area contributed by atoms with Crippen LogP contribution < -0.4 is 5.32 Å². The zero-order valence-corrected chi connectivity index (χ0v) is 10.7. The number of nitro groups is 1. The van der Waals surface area contributed by atoms with Crippen LogP contribution in [-0.2, 0) is 6.54 Å². The zero-order valence-electron chi connectivity index (χ0n) is 10.7. The van der Waals surface area contributed by atoms with Crippen molar-refractivity contribution in [1.29, 1.82) is 0 Å². The lowest BCUT2D eigenvalue weighted by atomic mass is 10.2. The fraction of sp³-hybridized carbons (Fsp3) is 0.583. The highest BCUT2D eigenvalue weighted by Crippen LogP contribution is 2.30. The Hall–Kier alpha value is -1.85. The highest BCUT2D eigenvalue weighted by molar-refractivity contribution is 5.60. The molecule has 0 saturated heterocycles. The average molecular weight is 250 g/mol. The lowest BCUT2D eigenvalue weighted by Crippen LogP contribution is -2.19. The molecule has 0 radical (unpaired) electrons. The summed E-state index contributed by atoms with van der Waals surface area (Å²) in [4.78, 5) is 10.8. The third-order valence-corrected chi connectivity index (χ3v) is 3.06. The topological polar surface area (TPSA) is 73.0 Å². The number of rotatable bonds is 5. The third kappa shape index (κ3) is 2.37. The van der Waals surface area contributed by atoms with Crippen molar-refractivity contribution in [2.75, 3.05) is 5.32 Å². The summed E-state index contributed by atoms with van der Waals surface area (Å²) >= 11 is 0. The second kappa shape index (κ2) is 5.20. The molecule has 0 fully saturated rings. The molecule has 1 aromatic rings.